The smallest absolute Gasteiger partial charge is 0.312 e. The van der Waals surface area contributed by atoms with E-state index in [9.17, 15) is 19.5 Å². The number of carboxylic acid groups (broad SMARTS) is 1. The number of aliphatic carboxylic acids is 1. The molecule has 2 aromatic rings. The molecule has 27 heavy (non-hydrogen) atoms. The van der Waals surface area contributed by atoms with Crippen molar-refractivity contribution in [3.63, 3.8) is 0 Å². The Balaban J connectivity index is 1.50. The number of ketones is 1. The zero-order chi connectivity index (χ0) is 19.2. The number of carbonyl (C=O) groups excluding carboxylic acids is 2. The van der Waals surface area contributed by atoms with Crippen LogP contribution in [0.1, 0.15) is 52.2 Å². The molecule has 1 amide bonds. The summed E-state index contributed by atoms with van der Waals surface area (Å²) in [4.78, 5) is 35.9. The number of carbonyl (C=O) groups is 3. The number of rotatable bonds is 8. The minimum Gasteiger partial charge on any atom is -0.481 e. The van der Waals surface area contributed by atoms with Gasteiger partial charge in [0.15, 0.2) is 5.78 Å². The molecule has 0 aliphatic heterocycles. The van der Waals surface area contributed by atoms with Gasteiger partial charge in [0.25, 0.3) is 0 Å². The highest BCUT2D eigenvalue weighted by Gasteiger charge is 2.21. The van der Waals surface area contributed by atoms with Gasteiger partial charge in [-0.25, -0.2) is 0 Å². The van der Waals surface area contributed by atoms with Gasteiger partial charge in [0, 0.05) is 24.9 Å². The molecule has 0 saturated heterocycles. The molecule has 5 heteroatoms. The average molecular weight is 365 g/mol. The van der Waals surface area contributed by atoms with Crippen LogP contribution in [0.25, 0.3) is 0 Å². The molecule has 0 spiro atoms. The van der Waals surface area contributed by atoms with Crippen LogP contribution in [0.4, 0.5) is 0 Å². The maximum Gasteiger partial charge on any atom is 0.312 e. The van der Waals surface area contributed by atoms with E-state index in [0.717, 1.165) is 19.3 Å². The number of hydrogen-bond acceptors (Lipinski definition) is 3. The van der Waals surface area contributed by atoms with Gasteiger partial charge in [-0.3, -0.25) is 14.4 Å². The van der Waals surface area contributed by atoms with E-state index in [1.54, 1.807) is 24.3 Å². The topological polar surface area (TPSA) is 83.5 Å². The largest absolute Gasteiger partial charge is 0.481 e. The zero-order valence-electron chi connectivity index (χ0n) is 15.1. The van der Waals surface area contributed by atoms with Crippen molar-refractivity contribution in [1.82, 2.24) is 5.32 Å². The van der Waals surface area contributed by atoms with Crippen LogP contribution < -0.4 is 5.32 Å². The Morgan fingerprint density at radius 3 is 2.44 bits per heavy atom. The van der Waals surface area contributed by atoms with E-state index in [0.29, 0.717) is 11.1 Å². The maximum atomic E-state index is 12.3. The number of aryl methyl sites for hydroxylation is 2. The molecule has 140 valence electrons. The van der Waals surface area contributed by atoms with Gasteiger partial charge in [-0.2, -0.15) is 0 Å². The summed E-state index contributed by atoms with van der Waals surface area (Å²) in [5.41, 5.74) is 3.83. The maximum absolute atomic E-state index is 12.3. The summed E-state index contributed by atoms with van der Waals surface area (Å²) in [5.74, 6) is -2.16. The normalized spacial score (nSPS) is 13.6. The molecular weight excluding hydrogens is 342 g/mol. The lowest BCUT2D eigenvalue weighted by molar-refractivity contribution is -0.138. The highest BCUT2D eigenvalue weighted by Crippen LogP contribution is 2.23. The van der Waals surface area contributed by atoms with Gasteiger partial charge >= 0.3 is 5.97 Å². The van der Waals surface area contributed by atoms with Gasteiger partial charge in [0.1, 0.15) is 0 Å². The van der Waals surface area contributed by atoms with Crippen LogP contribution in [0.3, 0.4) is 0 Å². The third-order valence-corrected chi connectivity index (χ3v) is 5.00. The first kappa shape index (κ1) is 18.8. The molecule has 2 N–H and O–H groups in total. The summed E-state index contributed by atoms with van der Waals surface area (Å²) < 4.78 is 0. The Morgan fingerprint density at radius 1 is 0.963 bits per heavy atom. The molecule has 0 bridgehead atoms. The van der Waals surface area contributed by atoms with Crippen molar-refractivity contribution in [1.29, 1.82) is 0 Å². The van der Waals surface area contributed by atoms with E-state index >= 15 is 0 Å². The fourth-order valence-corrected chi connectivity index (χ4v) is 3.45. The Morgan fingerprint density at radius 2 is 1.70 bits per heavy atom. The predicted octanol–water partition coefficient (Wildman–Crippen LogP) is 3.12. The zero-order valence-corrected chi connectivity index (χ0v) is 15.1. The number of fused-ring (bicyclic) bond motifs is 1. The Kier molecular flexibility index (Phi) is 6.01. The van der Waals surface area contributed by atoms with Crippen LogP contribution in [0.5, 0.6) is 0 Å². The van der Waals surface area contributed by atoms with Crippen LogP contribution in [0, 0.1) is 0 Å². The predicted molar refractivity (Wildman–Crippen MR) is 102 cm³/mol. The van der Waals surface area contributed by atoms with E-state index in [-0.39, 0.29) is 31.1 Å². The second-order valence-electron chi connectivity index (χ2n) is 6.87. The van der Waals surface area contributed by atoms with E-state index in [4.69, 9.17) is 0 Å². The first-order chi connectivity index (χ1) is 13.0. The summed E-state index contributed by atoms with van der Waals surface area (Å²) in [6, 6.07) is 14.6. The molecule has 0 fully saturated rings. The van der Waals surface area contributed by atoms with Crippen molar-refractivity contribution in [3.8, 4) is 0 Å². The fourth-order valence-electron chi connectivity index (χ4n) is 3.45. The van der Waals surface area contributed by atoms with Gasteiger partial charge in [0.2, 0.25) is 5.91 Å². The number of hydrogen-bond donors (Lipinski definition) is 2. The molecule has 0 saturated carbocycles. The molecule has 0 radical (unpaired) electrons. The number of nitrogens with one attached hydrogen (secondary N) is 1. The quantitative estimate of drug-likeness (QED) is 0.704. The Hall–Kier alpha value is -2.95. The molecule has 1 aliphatic rings. The standard InChI is InChI=1S/C22H23NO4/c24-20(18-10-9-15-7-4-8-17(15)13-18)11-12-21(25)23-14-19(22(26)27)16-5-2-1-3-6-16/h1-3,5-6,9-10,13,19H,4,7-8,11-12,14H2,(H,23,25)(H,26,27). The lowest BCUT2D eigenvalue weighted by Gasteiger charge is -2.13. The van der Waals surface area contributed by atoms with Gasteiger partial charge in [-0.15, -0.1) is 0 Å². The van der Waals surface area contributed by atoms with Crippen molar-refractivity contribution in [2.75, 3.05) is 6.54 Å². The van der Waals surface area contributed by atoms with Crippen molar-refractivity contribution >= 4 is 17.7 Å². The third kappa shape index (κ3) is 4.82. The summed E-state index contributed by atoms with van der Waals surface area (Å²) in [6.07, 6.45) is 3.37. The fraction of sp³-hybridized carbons (Fsp3) is 0.318. The van der Waals surface area contributed by atoms with E-state index in [1.807, 2.05) is 24.3 Å². The van der Waals surface area contributed by atoms with E-state index in [1.165, 1.54) is 11.1 Å². The van der Waals surface area contributed by atoms with Crippen LogP contribution in [0.15, 0.2) is 48.5 Å². The van der Waals surface area contributed by atoms with Crippen molar-refractivity contribution in [2.24, 2.45) is 0 Å². The summed E-state index contributed by atoms with van der Waals surface area (Å²) in [5, 5.41) is 12.0. The van der Waals surface area contributed by atoms with Gasteiger partial charge in [0.05, 0.1) is 5.92 Å². The highest BCUT2D eigenvalue weighted by atomic mass is 16.4. The molecule has 1 unspecified atom stereocenters. The first-order valence-electron chi connectivity index (χ1n) is 9.24. The van der Waals surface area contributed by atoms with Crippen molar-refractivity contribution < 1.29 is 19.5 Å². The average Bonchev–Trinajstić information content (AvgIpc) is 3.14. The number of Topliss-reactive ketones (excluding diaryl/α,β-unsaturated/α-hetero) is 1. The summed E-state index contributed by atoms with van der Waals surface area (Å²) in [7, 11) is 0. The van der Waals surface area contributed by atoms with E-state index < -0.39 is 11.9 Å². The molecule has 0 heterocycles. The minimum atomic E-state index is -0.990. The van der Waals surface area contributed by atoms with Gasteiger partial charge in [-0.05, 0) is 42.0 Å². The summed E-state index contributed by atoms with van der Waals surface area (Å²) in [6.45, 7) is 0.00517. The van der Waals surface area contributed by atoms with Crippen LogP contribution in [-0.2, 0) is 22.4 Å². The minimum absolute atomic E-state index is 0.00517. The number of benzene rings is 2. The molecule has 0 aromatic heterocycles. The lowest BCUT2D eigenvalue weighted by Crippen LogP contribution is -2.31. The highest BCUT2D eigenvalue weighted by molar-refractivity contribution is 5.98. The number of amides is 1. The number of carboxylic acids is 1. The third-order valence-electron chi connectivity index (χ3n) is 5.00. The SMILES string of the molecule is O=C(CCC(=O)c1ccc2c(c1)CCC2)NCC(C(=O)O)c1ccccc1. The molecular formula is C22H23NO4. The second kappa shape index (κ2) is 8.62. The molecule has 1 atom stereocenters. The first-order valence-corrected chi connectivity index (χ1v) is 9.24. The lowest BCUT2D eigenvalue weighted by atomic mass is 9.99. The Bertz CT molecular complexity index is 845. The Labute approximate surface area is 158 Å². The van der Waals surface area contributed by atoms with Gasteiger partial charge < -0.3 is 10.4 Å². The van der Waals surface area contributed by atoms with Gasteiger partial charge in [-0.1, -0.05) is 42.5 Å². The van der Waals surface area contributed by atoms with Crippen molar-refractivity contribution in [3.05, 3.63) is 70.8 Å². The molecule has 5 nitrogen and oxygen atoms in total. The molecule has 2 aromatic carbocycles. The van der Waals surface area contributed by atoms with Crippen molar-refractivity contribution in [2.45, 2.75) is 38.0 Å². The van der Waals surface area contributed by atoms with Crippen LogP contribution in [-0.4, -0.2) is 29.3 Å². The van der Waals surface area contributed by atoms with Crippen LogP contribution in [0.2, 0.25) is 0 Å². The molecule has 1 aliphatic carbocycles. The molecule has 3 rings (SSSR count). The monoisotopic (exact) mass is 365 g/mol. The van der Waals surface area contributed by atoms with Crippen LogP contribution >= 0.6 is 0 Å². The van der Waals surface area contributed by atoms with E-state index in [2.05, 4.69) is 5.32 Å². The summed E-state index contributed by atoms with van der Waals surface area (Å²) >= 11 is 0. The second-order valence-corrected chi connectivity index (χ2v) is 6.87.